The third-order valence-electron chi connectivity index (χ3n) is 5.30. The van der Waals surface area contributed by atoms with Crippen molar-refractivity contribution in [1.82, 2.24) is 0 Å². The van der Waals surface area contributed by atoms with Gasteiger partial charge in [0.15, 0.2) is 25.5 Å². The van der Waals surface area contributed by atoms with Crippen LogP contribution in [0.4, 0.5) is 0 Å². The van der Waals surface area contributed by atoms with E-state index in [2.05, 4.69) is 119 Å². The zero-order valence-electron chi connectivity index (χ0n) is 16.5. The molecule has 0 amide bonds. The summed E-state index contributed by atoms with van der Waals surface area (Å²) in [5.74, 6) is 0. The predicted octanol–water partition coefficient (Wildman–Crippen LogP) is -1.33. The molecular weight excluding hydrogens is 500 g/mol. The number of rotatable bonds is 4. The molecular formula is C26H22Br2N2. The van der Waals surface area contributed by atoms with Crippen LogP contribution in [-0.2, 0) is 13.1 Å². The van der Waals surface area contributed by atoms with Gasteiger partial charge < -0.3 is 34.0 Å². The molecule has 2 aromatic heterocycles. The number of benzene rings is 3. The molecule has 0 saturated heterocycles. The van der Waals surface area contributed by atoms with Crippen LogP contribution in [0.3, 0.4) is 0 Å². The van der Waals surface area contributed by atoms with E-state index in [-0.39, 0.29) is 34.0 Å². The first kappa shape index (κ1) is 22.1. The second-order valence-electron chi connectivity index (χ2n) is 7.21. The van der Waals surface area contributed by atoms with Gasteiger partial charge in [-0.3, -0.25) is 0 Å². The van der Waals surface area contributed by atoms with E-state index in [0.717, 1.165) is 13.1 Å². The average Bonchev–Trinajstić information content (AvgIpc) is 2.76. The predicted molar refractivity (Wildman–Crippen MR) is 113 cm³/mol. The zero-order chi connectivity index (χ0) is 18.8. The fourth-order valence-corrected chi connectivity index (χ4v) is 3.86. The molecule has 0 atom stereocenters. The summed E-state index contributed by atoms with van der Waals surface area (Å²) < 4.78 is 4.62. The van der Waals surface area contributed by atoms with Crippen LogP contribution in [0.5, 0.6) is 0 Å². The number of halogens is 2. The topological polar surface area (TPSA) is 7.76 Å². The fraction of sp³-hybridized carbons (Fsp3) is 0.0769. The highest BCUT2D eigenvalue weighted by Crippen LogP contribution is 2.12. The molecule has 0 N–H and O–H groups in total. The molecule has 3 aromatic carbocycles. The van der Waals surface area contributed by atoms with Crippen molar-refractivity contribution in [3.05, 3.63) is 121 Å². The van der Waals surface area contributed by atoms with Crippen molar-refractivity contribution in [3.63, 3.8) is 0 Å². The van der Waals surface area contributed by atoms with E-state index in [4.69, 9.17) is 0 Å². The summed E-state index contributed by atoms with van der Waals surface area (Å²) in [5.41, 5.74) is 5.15. The summed E-state index contributed by atoms with van der Waals surface area (Å²) in [7, 11) is 0. The largest absolute Gasteiger partial charge is 1.00 e. The van der Waals surface area contributed by atoms with E-state index >= 15 is 0 Å². The smallest absolute Gasteiger partial charge is 0.212 e. The van der Waals surface area contributed by atoms with Crippen LogP contribution in [0, 0.1) is 0 Å². The average molecular weight is 522 g/mol. The van der Waals surface area contributed by atoms with Crippen molar-refractivity contribution < 1.29 is 43.1 Å². The number of nitrogens with zero attached hydrogens (tertiary/aromatic N) is 2. The van der Waals surface area contributed by atoms with Gasteiger partial charge in [0.25, 0.3) is 0 Å². The van der Waals surface area contributed by atoms with E-state index in [1.54, 1.807) is 0 Å². The van der Waals surface area contributed by atoms with Crippen LogP contribution in [0.1, 0.15) is 11.1 Å². The van der Waals surface area contributed by atoms with Gasteiger partial charge in [0.2, 0.25) is 11.0 Å². The molecule has 0 aliphatic carbocycles. The molecule has 30 heavy (non-hydrogen) atoms. The summed E-state index contributed by atoms with van der Waals surface area (Å²) in [4.78, 5) is 0. The Hall–Kier alpha value is -2.56. The molecule has 0 aliphatic heterocycles. The first-order chi connectivity index (χ1) is 13.9. The van der Waals surface area contributed by atoms with Crippen LogP contribution in [0.2, 0.25) is 0 Å². The van der Waals surface area contributed by atoms with Crippen LogP contribution >= 0.6 is 0 Å². The molecule has 4 heteroatoms. The summed E-state index contributed by atoms with van der Waals surface area (Å²) in [5, 5.41) is 2.54. The maximum absolute atomic E-state index is 2.31. The van der Waals surface area contributed by atoms with Crippen LogP contribution in [-0.4, -0.2) is 0 Å². The minimum absolute atomic E-state index is 0. The van der Waals surface area contributed by atoms with Gasteiger partial charge in [-0.05, 0) is 24.3 Å². The second kappa shape index (κ2) is 9.96. The van der Waals surface area contributed by atoms with Crippen LogP contribution in [0.15, 0.2) is 109 Å². The molecule has 150 valence electrons. The third kappa shape index (κ3) is 4.61. The number of aromatic nitrogens is 2. The molecule has 0 aliphatic rings. The van der Waals surface area contributed by atoms with Crippen molar-refractivity contribution in [2.45, 2.75) is 13.1 Å². The van der Waals surface area contributed by atoms with Gasteiger partial charge in [0.1, 0.15) is 0 Å². The third-order valence-corrected chi connectivity index (χ3v) is 5.30. The van der Waals surface area contributed by atoms with Crippen molar-refractivity contribution in [2.75, 3.05) is 0 Å². The Morgan fingerprint density at radius 1 is 0.433 bits per heavy atom. The lowest BCUT2D eigenvalue weighted by Crippen LogP contribution is -3.00. The lowest BCUT2D eigenvalue weighted by atomic mass is 10.1. The van der Waals surface area contributed by atoms with E-state index < -0.39 is 0 Å². The Morgan fingerprint density at radius 2 is 0.800 bits per heavy atom. The van der Waals surface area contributed by atoms with E-state index in [1.807, 2.05) is 0 Å². The molecule has 5 rings (SSSR count). The Bertz CT molecular complexity index is 1160. The maximum atomic E-state index is 2.31. The lowest BCUT2D eigenvalue weighted by molar-refractivity contribution is -0.663. The number of hydrogen-bond donors (Lipinski definition) is 0. The summed E-state index contributed by atoms with van der Waals surface area (Å²) in [6.45, 7) is 1.76. The fourth-order valence-electron chi connectivity index (χ4n) is 3.86. The molecule has 0 unspecified atom stereocenters. The number of pyridine rings is 2. The Labute approximate surface area is 198 Å². The van der Waals surface area contributed by atoms with E-state index in [1.165, 1.54) is 32.9 Å². The van der Waals surface area contributed by atoms with Gasteiger partial charge in [0.05, 0.1) is 0 Å². The van der Waals surface area contributed by atoms with E-state index in [9.17, 15) is 0 Å². The minimum Gasteiger partial charge on any atom is -1.00 e. The quantitative estimate of drug-likeness (QED) is 0.259. The molecule has 0 spiro atoms. The Balaban J connectivity index is 0.00000128. The van der Waals surface area contributed by atoms with Crippen molar-refractivity contribution >= 4 is 21.8 Å². The van der Waals surface area contributed by atoms with Crippen LogP contribution < -0.4 is 43.1 Å². The first-order valence-corrected chi connectivity index (χ1v) is 9.69. The van der Waals surface area contributed by atoms with E-state index in [0.29, 0.717) is 0 Å². The Kier molecular flexibility index (Phi) is 7.35. The molecule has 2 nitrogen and oxygen atoms in total. The van der Waals surface area contributed by atoms with Crippen molar-refractivity contribution in [2.24, 2.45) is 0 Å². The van der Waals surface area contributed by atoms with Crippen LogP contribution in [0.25, 0.3) is 21.8 Å². The highest BCUT2D eigenvalue weighted by Gasteiger charge is 2.11. The molecule has 0 radical (unpaired) electrons. The molecule has 5 aromatic rings. The summed E-state index contributed by atoms with van der Waals surface area (Å²) in [6, 6.07) is 34.6. The monoisotopic (exact) mass is 520 g/mol. The molecule has 2 heterocycles. The molecule has 0 fully saturated rings. The SMILES string of the molecule is [Br-].[Br-].c1ccc2c(c1)ccc[n+]2Cc1ccc(C[n+]2cccc3ccccc32)cc1. The molecule has 0 saturated carbocycles. The van der Waals surface area contributed by atoms with Crippen molar-refractivity contribution in [3.8, 4) is 0 Å². The summed E-state index contributed by atoms with van der Waals surface area (Å²) >= 11 is 0. The Morgan fingerprint density at radius 3 is 1.23 bits per heavy atom. The normalized spacial score (nSPS) is 10.4. The molecule has 0 bridgehead atoms. The standard InChI is InChI=1S/C26H22N2.2BrH/c1-3-11-25-23(7-1)9-5-17-27(25)19-21-13-15-22(16-14-21)20-28-18-6-10-24-8-2-4-12-26(24)28;;/h1-18H,19-20H2;2*1H/q+2;;/p-2. The zero-order valence-corrected chi connectivity index (χ0v) is 19.6. The highest BCUT2D eigenvalue weighted by molar-refractivity contribution is 5.75. The number of hydrogen-bond acceptors (Lipinski definition) is 0. The van der Waals surface area contributed by atoms with Gasteiger partial charge in [-0.1, -0.05) is 48.5 Å². The maximum Gasteiger partial charge on any atom is 0.212 e. The van der Waals surface area contributed by atoms with Crippen molar-refractivity contribution in [1.29, 1.82) is 0 Å². The second-order valence-corrected chi connectivity index (χ2v) is 7.21. The first-order valence-electron chi connectivity index (χ1n) is 9.69. The minimum atomic E-state index is 0. The van der Waals surface area contributed by atoms with Gasteiger partial charge in [-0.2, -0.15) is 9.13 Å². The van der Waals surface area contributed by atoms with Gasteiger partial charge in [-0.25, -0.2) is 0 Å². The summed E-state index contributed by atoms with van der Waals surface area (Å²) in [6.07, 6.45) is 4.31. The van der Waals surface area contributed by atoms with Gasteiger partial charge in [0, 0.05) is 46.2 Å². The van der Waals surface area contributed by atoms with Gasteiger partial charge in [-0.15, -0.1) is 0 Å². The highest BCUT2D eigenvalue weighted by atomic mass is 79.9. The lowest BCUT2D eigenvalue weighted by Gasteiger charge is -2.04. The van der Waals surface area contributed by atoms with Gasteiger partial charge >= 0.3 is 0 Å². The number of fused-ring (bicyclic) bond motifs is 2. The number of para-hydroxylation sites is 2.